The Morgan fingerprint density at radius 3 is 2.39 bits per heavy atom. The lowest BCUT2D eigenvalue weighted by atomic mass is 9.67. The lowest BCUT2D eigenvalue weighted by Crippen LogP contribution is -2.75. The van der Waals surface area contributed by atoms with Gasteiger partial charge in [-0.05, 0) is 11.6 Å². The number of urea groups is 1. The zero-order valence-electron chi connectivity index (χ0n) is 17.5. The van der Waals surface area contributed by atoms with Crippen LogP contribution in [0.25, 0.3) is 0 Å². The monoisotopic (exact) mass is 429 g/mol. The third kappa shape index (κ3) is 2.79. The van der Waals surface area contributed by atoms with E-state index in [2.05, 4.69) is 0 Å². The second-order valence-corrected chi connectivity index (χ2v) is 8.13. The lowest BCUT2D eigenvalue weighted by molar-refractivity contribution is -0.384. The lowest BCUT2D eigenvalue weighted by Gasteiger charge is -2.56. The van der Waals surface area contributed by atoms with Crippen LogP contribution in [0, 0.1) is 15.5 Å². The number of imide groups is 2. The summed E-state index contributed by atoms with van der Waals surface area (Å²) in [6, 6.07) is 2.98. The fourth-order valence-corrected chi connectivity index (χ4v) is 4.99. The molecule has 1 spiro atoms. The average Bonchev–Trinajstić information content (AvgIpc) is 2.78. The summed E-state index contributed by atoms with van der Waals surface area (Å²) in [6.45, 7) is 2.67. The van der Waals surface area contributed by atoms with Crippen molar-refractivity contribution >= 4 is 35.1 Å². The Hall–Kier alpha value is -3.50. The summed E-state index contributed by atoms with van der Waals surface area (Å²) in [5.74, 6) is -1.39. The van der Waals surface area contributed by atoms with Crippen molar-refractivity contribution in [2.45, 2.75) is 25.8 Å². The van der Waals surface area contributed by atoms with Crippen LogP contribution in [0.15, 0.2) is 18.2 Å². The molecule has 0 unspecified atom stereocenters. The number of nitro benzene ring substituents is 1. The molecule has 11 nitrogen and oxygen atoms in total. The van der Waals surface area contributed by atoms with Gasteiger partial charge in [-0.1, -0.05) is 6.92 Å². The maximum absolute atomic E-state index is 13.5. The number of amides is 5. The second-order valence-electron chi connectivity index (χ2n) is 8.13. The smallest absolute Gasteiger partial charge is 0.332 e. The van der Waals surface area contributed by atoms with Gasteiger partial charge in [-0.25, -0.2) is 4.79 Å². The van der Waals surface area contributed by atoms with Gasteiger partial charge >= 0.3 is 6.03 Å². The number of nitro groups is 1. The van der Waals surface area contributed by atoms with Crippen molar-refractivity contribution < 1.29 is 24.1 Å². The van der Waals surface area contributed by atoms with Gasteiger partial charge in [-0.2, -0.15) is 0 Å². The Morgan fingerprint density at radius 1 is 1.16 bits per heavy atom. The van der Waals surface area contributed by atoms with E-state index in [4.69, 9.17) is 0 Å². The number of barbiturate groups is 1. The van der Waals surface area contributed by atoms with Gasteiger partial charge in [-0.3, -0.25) is 34.3 Å². The molecule has 3 aliphatic heterocycles. The van der Waals surface area contributed by atoms with Gasteiger partial charge in [0.1, 0.15) is 0 Å². The Labute approximate surface area is 178 Å². The quantitative estimate of drug-likeness (QED) is 0.383. The Morgan fingerprint density at radius 2 is 1.81 bits per heavy atom. The molecule has 0 aliphatic carbocycles. The van der Waals surface area contributed by atoms with E-state index in [0.29, 0.717) is 30.8 Å². The first-order chi connectivity index (χ1) is 14.6. The van der Waals surface area contributed by atoms with Gasteiger partial charge < -0.3 is 9.80 Å². The number of fused-ring (bicyclic) bond motifs is 4. The van der Waals surface area contributed by atoms with Crippen LogP contribution in [0.2, 0.25) is 0 Å². The van der Waals surface area contributed by atoms with Crippen LogP contribution in [-0.4, -0.2) is 83.1 Å². The summed E-state index contributed by atoms with van der Waals surface area (Å²) in [5, 5.41) is 11.3. The highest BCUT2D eigenvalue weighted by Gasteiger charge is 2.64. The first-order valence-corrected chi connectivity index (χ1v) is 10.1. The van der Waals surface area contributed by atoms with Crippen LogP contribution < -0.4 is 4.90 Å². The highest BCUT2D eigenvalue weighted by Crippen LogP contribution is 2.47. The predicted octanol–water partition coefficient (Wildman–Crippen LogP) is 0.615. The van der Waals surface area contributed by atoms with E-state index in [9.17, 15) is 29.3 Å². The number of carbonyl (C=O) groups is 4. The van der Waals surface area contributed by atoms with Gasteiger partial charge in [0.25, 0.3) is 5.69 Å². The SMILES string of the molecule is CCC(=O)N1CCN2c3ccc([N+](=O)[O-])cc3CC3(C(=O)N(C)C(=O)N(C)C3=O)[C@H]2C1. The van der Waals surface area contributed by atoms with Crippen LogP contribution in [0.5, 0.6) is 0 Å². The zero-order valence-corrected chi connectivity index (χ0v) is 17.5. The first-order valence-electron chi connectivity index (χ1n) is 10.1. The van der Waals surface area contributed by atoms with Gasteiger partial charge in [0, 0.05) is 64.4 Å². The molecule has 31 heavy (non-hydrogen) atoms. The number of hydrogen-bond acceptors (Lipinski definition) is 7. The molecule has 0 bridgehead atoms. The van der Waals surface area contributed by atoms with E-state index in [-0.39, 0.29) is 24.6 Å². The highest BCUT2D eigenvalue weighted by atomic mass is 16.6. The minimum absolute atomic E-state index is 0.0844. The number of rotatable bonds is 2. The molecule has 1 aromatic rings. The number of nitrogens with zero attached hydrogens (tertiary/aromatic N) is 5. The third-order valence-corrected chi connectivity index (χ3v) is 6.60. The summed E-state index contributed by atoms with van der Waals surface area (Å²) in [6.07, 6.45) is 0.210. The molecule has 0 aromatic heterocycles. The van der Waals surface area contributed by atoms with Crippen molar-refractivity contribution in [2.24, 2.45) is 5.41 Å². The third-order valence-electron chi connectivity index (χ3n) is 6.60. The van der Waals surface area contributed by atoms with Gasteiger partial charge in [0.2, 0.25) is 17.7 Å². The number of piperazine rings is 1. The number of non-ortho nitro benzene ring substituents is 1. The molecule has 0 N–H and O–H groups in total. The van der Waals surface area contributed by atoms with Crippen LogP contribution in [0.3, 0.4) is 0 Å². The summed E-state index contributed by atoms with van der Waals surface area (Å²) in [5.41, 5.74) is -0.599. The van der Waals surface area contributed by atoms with Crippen LogP contribution in [0.1, 0.15) is 18.9 Å². The Kier molecular flexibility index (Phi) is 4.71. The van der Waals surface area contributed by atoms with E-state index < -0.39 is 34.2 Å². The van der Waals surface area contributed by atoms with Crippen molar-refractivity contribution in [3.05, 3.63) is 33.9 Å². The van der Waals surface area contributed by atoms with E-state index in [1.54, 1.807) is 17.9 Å². The molecule has 1 atom stereocenters. The molecule has 3 heterocycles. The standard InChI is InChI=1S/C20H23N5O6/c1-4-16(26)23-7-8-24-14-6-5-13(25(30)31)9-12(14)10-20(15(24)11-23)17(27)21(2)19(29)22(3)18(20)28/h5-6,9,15H,4,7-8,10-11H2,1-3H3/t15-/m1/s1. The Bertz CT molecular complexity index is 999. The van der Waals surface area contributed by atoms with E-state index in [0.717, 1.165) is 9.80 Å². The van der Waals surface area contributed by atoms with Crippen molar-refractivity contribution in [2.75, 3.05) is 38.6 Å². The van der Waals surface area contributed by atoms with Gasteiger partial charge in [-0.15, -0.1) is 0 Å². The topological polar surface area (TPSA) is 124 Å². The molecule has 0 saturated carbocycles. The normalized spacial score (nSPS) is 22.5. The molecule has 0 radical (unpaired) electrons. The average molecular weight is 429 g/mol. The first kappa shape index (κ1) is 20.8. The molecule has 164 valence electrons. The maximum Gasteiger partial charge on any atom is 0.332 e. The molecule has 2 saturated heterocycles. The minimum atomic E-state index is -1.66. The summed E-state index contributed by atoms with van der Waals surface area (Å²) < 4.78 is 0. The number of hydrogen-bond donors (Lipinski definition) is 0. The molecule has 5 amide bonds. The molecule has 2 fully saturated rings. The second kappa shape index (κ2) is 7.03. The van der Waals surface area contributed by atoms with Crippen molar-refractivity contribution in [3.63, 3.8) is 0 Å². The summed E-state index contributed by atoms with van der Waals surface area (Å²) >= 11 is 0. The number of benzene rings is 1. The Balaban J connectivity index is 1.90. The highest BCUT2D eigenvalue weighted by molar-refractivity contribution is 6.20. The molecule has 1 aromatic carbocycles. The van der Waals surface area contributed by atoms with Gasteiger partial charge in [0.05, 0.1) is 11.0 Å². The maximum atomic E-state index is 13.5. The molecule has 4 rings (SSSR count). The van der Waals surface area contributed by atoms with Crippen molar-refractivity contribution in [1.29, 1.82) is 0 Å². The van der Waals surface area contributed by atoms with E-state index >= 15 is 0 Å². The van der Waals surface area contributed by atoms with Gasteiger partial charge in [0.15, 0.2) is 5.41 Å². The van der Waals surface area contributed by atoms with Crippen molar-refractivity contribution in [3.8, 4) is 0 Å². The van der Waals surface area contributed by atoms with Crippen LogP contribution >= 0.6 is 0 Å². The van der Waals surface area contributed by atoms with Crippen molar-refractivity contribution in [1.82, 2.24) is 14.7 Å². The number of anilines is 1. The largest absolute Gasteiger partial charge is 0.363 e. The fourth-order valence-electron chi connectivity index (χ4n) is 4.99. The number of carbonyl (C=O) groups excluding carboxylic acids is 4. The molecule has 11 heteroatoms. The molecular formula is C20H23N5O6. The molecule has 3 aliphatic rings. The molecular weight excluding hydrogens is 406 g/mol. The minimum Gasteiger partial charge on any atom is -0.363 e. The fraction of sp³-hybridized carbons (Fsp3) is 0.500. The predicted molar refractivity (Wildman–Crippen MR) is 108 cm³/mol. The zero-order chi connectivity index (χ0) is 22.7. The van der Waals surface area contributed by atoms with Crippen LogP contribution in [0.4, 0.5) is 16.2 Å². The summed E-state index contributed by atoms with van der Waals surface area (Å²) in [4.78, 5) is 67.9. The van der Waals surface area contributed by atoms with E-state index in [1.165, 1.54) is 26.2 Å². The van der Waals surface area contributed by atoms with Crippen LogP contribution in [-0.2, 0) is 20.8 Å². The van der Waals surface area contributed by atoms with E-state index in [1.807, 2.05) is 4.90 Å². The summed E-state index contributed by atoms with van der Waals surface area (Å²) in [7, 11) is 2.64.